The Morgan fingerprint density at radius 3 is 1.97 bits per heavy atom. The predicted octanol–water partition coefficient (Wildman–Crippen LogP) is 5.08. The number of carbonyl (C=O) groups excluding carboxylic acids is 2. The molecule has 2 heterocycles. The normalized spacial score (nSPS) is 21.4. The van der Waals surface area contributed by atoms with Crippen molar-refractivity contribution in [2.75, 3.05) is 0 Å². The summed E-state index contributed by atoms with van der Waals surface area (Å²) >= 11 is 1.54. The van der Waals surface area contributed by atoms with Gasteiger partial charge in [0.1, 0.15) is 6.10 Å². The van der Waals surface area contributed by atoms with Gasteiger partial charge in [-0.25, -0.2) is 9.59 Å². The first-order valence-corrected chi connectivity index (χ1v) is 10.5. The smallest absolute Gasteiger partial charge is 0.334 e. The fourth-order valence-corrected chi connectivity index (χ4v) is 4.48. The largest absolute Gasteiger partial charge is 0.459 e. The lowest BCUT2D eigenvalue weighted by molar-refractivity contribution is -0.139. The van der Waals surface area contributed by atoms with Crippen molar-refractivity contribution in [3.8, 4) is 11.1 Å². The zero-order valence-corrected chi connectivity index (χ0v) is 16.9. The van der Waals surface area contributed by atoms with Gasteiger partial charge in [-0.3, -0.25) is 0 Å². The standard InChI is InChI=1S/C24H22O4S/c1-15-13-20(27-23(15)25)10-5-17-3-6-18(7-4-17)19-8-11-21(12-9-19)29-22-14-16(2)24(26)28-22/h3-4,6-9,11-12,20,22H,1-2,5,10,13-14H2. The molecule has 2 atom stereocenters. The van der Waals surface area contributed by atoms with Crippen LogP contribution >= 0.6 is 11.8 Å². The number of esters is 2. The first kappa shape index (κ1) is 19.5. The van der Waals surface area contributed by atoms with Crippen LogP contribution in [-0.2, 0) is 25.5 Å². The van der Waals surface area contributed by atoms with Crippen LogP contribution in [0.2, 0.25) is 0 Å². The highest BCUT2D eigenvalue weighted by Gasteiger charge is 2.28. The molecule has 4 nitrogen and oxygen atoms in total. The fourth-order valence-electron chi connectivity index (χ4n) is 3.46. The van der Waals surface area contributed by atoms with Crippen LogP contribution in [0, 0.1) is 0 Å². The van der Waals surface area contributed by atoms with E-state index in [4.69, 9.17) is 9.47 Å². The molecular formula is C24H22O4S. The highest BCUT2D eigenvalue weighted by Crippen LogP contribution is 2.34. The molecule has 0 spiro atoms. The number of hydrogen-bond donors (Lipinski definition) is 0. The first-order valence-electron chi connectivity index (χ1n) is 9.61. The summed E-state index contributed by atoms with van der Waals surface area (Å²) in [5.74, 6) is -0.557. The molecule has 2 aromatic rings. The summed E-state index contributed by atoms with van der Waals surface area (Å²) in [6.07, 6.45) is 2.84. The molecule has 0 aromatic heterocycles. The molecule has 148 valence electrons. The number of benzene rings is 2. The SMILES string of the molecule is C=C1CC(CCc2ccc(-c3ccc(SC4CC(=C)C(=O)O4)cc3)cc2)OC1=O. The summed E-state index contributed by atoms with van der Waals surface area (Å²) in [4.78, 5) is 23.9. The Labute approximate surface area is 174 Å². The van der Waals surface area contributed by atoms with Crippen LogP contribution in [-0.4, -0.2) is 23.5 Å². The second-order valence-electron chi connectivity index (χ2n) is 7.36. The van der Waals surface area contributed by atoms with Gasteiger partial charge in [-0.1, -0.05) is 61.3 Å². The summed E-state index contributed by atoms with van der Waals surface area (Å²) in [5, 5.41) is 0. The van der Waals surface area contributed by atoms with Crippen LogP contribution in [0.4, 0.5) is 0 Å². The van der Waals surface area contributed by atoms with Gasteiger partial charge in [0, 0.05) is 28.9 Å². The Kier molecular flexibility index (Phi) is 5.58. The lowest BCUT2D eigenvalue weighted by Gasteiger charge is -2.10. The third-order valence-corrected chi connectivity index (χ3v) is 6.21. The van der Waals surface area contributed by atoms with E-state index in [1.807, 2.05) is 12.1 Å². The maximum absolute atomic E-state index is 11.4. The van der Waals surface area contributed by atoms with E-state index in [-0.39, 0.29) is 23.5 Å². The second kappa shape index (κ2) is 8.29. The molecule has 0 radical (unpaired) electrons. The van der Waals surface area contributed by atoms with E-state index in [1.165, 1.54) is 17.3 Å². The van der Waals surface area contributed by atoms with Crippen LogP contribution < -0.4 is 0 Å². The maximum Gasteiger partial charge on any atom is 0.334 e. The first-order chi connectivity index (χ1) is 14.0. The lowest BCUT2D eigenvalue weighted by Crippen LogP contribution is -2.07. The molecule has 2 aromatic carbocycles. The lowest BCUT2D eigenvalue weighted by atomic mass is 10.0. The molecule has 4 rings (SSSR count). The number of hydrogen-bond acceptors (Lipinski definition) is 5. The summed E-state index contributed by atoms with van der Waals surface area (Å²) in [5.41, 5.74) is 4.42. The number of rotatable bonds is 6. The van der Waals surface area contributed by atoms with E-state index in [1.54, 1.807) is 0 Å². The van der Waals surface area contributed by atoms with Gasteiger partial charge in [0.2, 0.25) is 0 Å². The summed E-state index contributed by atoms with van der Waals surface area (Å²) < 4.78 is 10.6. The molecule has 2 fully saturated rings. The van der Waals surface area contributed by atoms with Gasteiger partial charge in [-0.2, -0.15) is 0 Å². The number of cyclic esters (lactones) is 2. The van der Waals surface area contributed by atoms with E-state index in [0.29, 0.717) is 24.0 Å². The van der Waals surface area contributed by atoms with Crippen molar-refractivity contribution in [2.24, 2.45) is 0 Å². The molecule has 5 heteroatoms. The zero-order valence-electron chi connectivity index (χ0n) is 16.1. The molecule has 0 bridgehead atoms. The van der Waals surface area contributed by atoms with Gasteiger partial charge in [0.25, 0.3) is 0 Å². The molecule has 2 saturated heterocycles. The molecular weight excluding hydrogens is 384 g/mol. The Hall–Kier alpha value is -2.79. The fraction of sp³-hybridized carbons (Fsp3) is 0.250. The minimum atomic E-state index is -0.296. The molecule has 2 aliphatic rings. The van der Waals surface area contributed by atoms with Crippen molar-refractivity contribution in [2.45, 2.75) is 42.1 Å². The Bertz CT molecular complexity index is 927. The molecule has 0 amide bonds. The Morgan fingerprint density at radius 1 is 0.828 bits per heavy atom. The van der Waals surface area contributed by atoms with E-state index < -0.39 is 0 Å². The second-order valence-corrected chi connectivity index (χ2v) is 8.59. The van der Waals surface area contributed by atoms with Gasteiger partial charge >= 0.3 is 11.9 Å². The average Bonchev–Trinajstić information content (AvgIpc) is 3.21. The van der Waals surface area contributed by atoms with Crippen LogP contribution in [0.3, 0.4) is 0 Å². The molecule has 29 heavy (non-hydrogen) atoms. The van der Waals surface area contributed by atoms with Gasteiger partial charge in [0.05, 0.1) is 0 Å². The molecule has 0 aliphatic carbocycles. The third-order valence-electron chi connectivity index (χ3n) is 5.14. The third kappa shape index (κ3) is 4.62. The maximum atomic E-state index is 11.4. The van der Waals surface area contributed by atoms with Crippen molar-refractivity contribution >= 4 is 23.7 Å². The van der Waals surface area contributed by atoms with Crippen molar-refractivity contribution in [3.05, 3.63) is 78.4 Å². The van der Waals surface area contributed by atoms with Gasteiger partial charge in [-0.05, 0) is 41.7 Å². The number of carbonyl (C=O) groups is 2. The van der Waals surface area contributed by atoms with Crippen molar-refractivity contribution in [3.63, 3.8) is 0 Å². The Morgan fingerprint density at radius 2 is 1.41 bits per heavy atom. The van der Waals surface area contributed by atoms with Crippen LogP contribution in [0.25, 0.3) is 11.1 Å². The number of thioether (sulfide) groups is 1. The monoisotopic (exact) mass is 406 g/mol. The van der Waals surface area contributed by atoms with Crippen LogP contribution in [0.15, 0.2) is 77.7 Å². The minimum absolute atomic E-state index is 0.0453. The molecule has 2 aliphatic heterocycles. The highest BCUT2D eigenvalue weighted by molar-refractivity contribution is 7.99. The van der Waals surface area contributed by atoms with Gasteiger partial charge in [-0.15, -0.1) is 0 Å². The van der Waals surface area contributed by atoms with E-state index in [0.717, 1.165) is 28.9 Å². The summed E-state index contributed by atoms with van der Waals surface area (Å²) in [7, 11) is 0. The average molecular weight is 407 g/mol. The van der Waals surface area contributed by atoms with Gasteiger partial charge < -0.3 is 9.47 Å². The van der Waals surface area contributed by atoms with Crippen molar-refractivity contribution in [1.82, 2.24) is 0 Å². The number of aryl methyl sites for hydroxylation is 1. The van der Waals surface area contributed by atoms with Crippen molar-refractivity contribution < 1.29 is 19.1 Å². The molecule has 2 unspecified atom stereocenters. The van der Waals surface area contributed by atoms with Crippen LogP contribution in [0.5, 0.6) is 0 Å². The van der Waals surface area contributed by atoms with E-state index in [2.05, 4.69) is 49.6 Å². The minimum Gasteiger partial charge on any atom is -0.459 e. The summed E-state index contributed by atoms with van der Waals surface area (Å²) in [6, 6.07) is 16.7. The highest BCUT2D eigenvalue weighted by atomic mass is 32.2. The quantitative estimate of drug-likeness (QED) is 0.495. The molecule has 0 N–H and O–H groups in total. The zero-order chi connectivity index (χ0) is 20.4. The number of ether oxygens (including phenoxy) is 2. The molecule has 0 saturated carbocycles. The van der Waals surface area contributed by atoms with E-state index in [9.17, 15) is 9.59 Å². The van der Waals surface area contributed by atoms with Crippen molar-refractivity contribution in [1.29, 1.82) is 0 Å². The van der Waals surface area contributed by atoms with E-state index >= 15 is 0 Å². The summed E-state index contributed by atoms with van der Waals surface area (Å²) in [6.45, 7) is 7.44. The topological polar surface area (TPSA) is 52.6 Å². The van der Waals surface area contributed by atoms with Crippen LogP contribution in [0.1, 0.15) is 24.8 Å². The van der Waals surface area contributed by atoms with Gasteiger partial charge in [0.15, 0.2) is 5.44 Å². The Balaban J connectivity index is 1.33. The predicted molar refractivity (Wildman–Crippen MR) is 113 cm³/mol.